The minimum absolute atomic E-state index is 0.382. The molecule has 0 fully saturated rings. The number of allylic oxidation sites excluding steroid dienone is 1. The maximum absolute atomic E-state index is 11.3. The number of hydrogen-bond donors (Lipinski definition) is 0. The van der Waals surface area contributed by atoms with Crippen molar-refractivity contribution in [2.45, 2.75) is 20.0 Å². The predicted octanol–water partition coefficient (Wildman–Crippen LogP) is 3.78. The molecule has 1 atom stereocenters. The predicted molar refractivity (Wildman–Crippen MR) is 80.2 cm³/mol. The Morgan fingerprint density at radius 3 is 2.55 bits per heavy atom. The van der Waals surface area contributed by atoms with Crippen molar-refractivity contribution >= 4 is 22.3 Å². The molecule has 2 rings (SSSR count). The topological polar surface area (TPSA) is 35.5 Å². The SMILES string of the molecule is COC(=O)C(C)OC=C(C)c1ccc2ccccc2c1. The van der Waals surface area contributed by atoms with Gasteiger partial charge in [-0.05, 0) is 41.8 Å². The second-order valence-corrected chi connectivity index (χ2v) is 4.66. The van der Waals surface area contributed by atoms with Crippen molar-refractivity contribution < 1.29 is 14.3 Å². The maximum Gasteiger partial charge on any atom is 0.346 e. The van der Waals surface area contributed by atoms with E-state index in [1.165, 1.54) is 17.9 Å². The van der Waals surface area contributed by atoms with Crippen LogP contribution in [0.1, 0.15) is 19.4 Å². The number of carbonyl (C=O) groups is 1. The van der Waals surface area contributed by atoms with Gasteiger partial charge in [-0.25, -0.2) is 4.79 Å². The Balaban J connectivity index is 2.18. The van der Waals surface area contributed by atoms with Gasteiger partial charge in [0.2, 0.25) is 0 Å². The summed E-state index contributed by atoms with van der Waals surface area (Å²) in [5.74, 6) is -0.382. The minimum Gasteiger partial charge on any atom is -0.486 e. The number of ether oxygens (including phenoxy) is 2. The van der Waals surface area contributed by atoms with Gasteiger partial charge in [-0.2, -0.15) is 0 Å². The van der Waals surface area contributed by atoms with E-state index in [4.69, 9.17) is 4.74 Å². The van der Waals surface area contributed by atoms with Gasteiger partial charge in [0.1, 0.15) is 0 Å². The molecule has 1 unspecified atom stereocenters. The number of hydrogen-bond acceptors (Lipinski definition) is 3. The number of fused-ring (bicyclic) bond motifs is 1. The zero-order valence-electron chi connectivity index (χ0n) is 11.9. The van der Waals surface area contributed by atoms with Crippen LogP contribution >= 0.6 is 0 Å². The number of methoxy groups -OCH3 is 1. The van der Waals surface area contributed by atoms with E-state index >= 15 is 0 Å². The van der Waals surface area contributed by atoms with E-state index in [2.05, 4.69) is 29.0 Å². The fourth-order valence-corrected chi connectivity index (χ4v) is 1.93. The summed E-state index contributed by atoms with van der Waals surface area (Å²) in [5.41, 5.74) is 2.03. The van der Waals surface area contributed by atoms with Gasteiger partial charge in [-0.15, -0.1) is 0 Å². The van der Waals surface area contributed by atoms with Crippen molar-refractivity contribution in [1.82, 2.24) is 0 Å². The molecule has 2 aromatic rings. The molecule has 0 heterocycles. The van der Waals surface area contributed by atoms with E-state index in [9.17, 15) is 4.79 Å². The second kappa shape index (κ2) is 6.24. The van der Waals surface area contributed by atoms with E-state index in [0.29, 0.717) is 0 Å². The molecule has 0 saturated heterocycles. The Kier molecular flexibility index (Phi) is 4.41. The zero-order chi connectivity index (χ0) is 14.5. The van der Waals surface area contributed by atoms with Crippen LogP contribution in [0, 0.1) is 0 Å². The van der Waals surface area contributed by atoms with Crippen LogP contribution < -0.4 is 0 Å². The Morgan fingerprint density at radius 1 is 1.15 bits per heavy atom. The average molecular weight is 270 g/mol. The molecule has 0 amide bonds. The molecular formula is C17H18O3. The lowest BCUT2D eigenvalue weighted by Crippen LogP contribution is -2.19. The molecule has 0 bridgehead atoms. The molecule has 3 heteroatoms. The summed E-state index contributed by atoms with van der Waals surface area (Å²) in [7, 11) is 1.35. The highest BCUT2D eigenvalue weighted by Gasteiger charge is 2.12. The number of rotatable bonds is 4. The first kappa shape index (κ1) is 14.1. The summed E-state index contributed by atoms with van der Waals surface area (Å²) in [6.45, 7) is 3.62. The van der Waals surface area contributed by atoms with Crippen molar-refractivity contribution in [3.05, 3.63) is 54.3 Å². The number of carbonyl (C=O) groups excluding carboxylic acids is 1. The molecule has 0 N–H and O–H groups in total. The van der Waals surface area contributed by atoms with Crippen LogP contribution in [0.15, 0.2) is 48.7 Å². The Morgan fingerprint density at radius 2 is 1.85 bits per heavy atom. The summed E-state index contributed by atoms with van der Waals surface area (Å²) in [6.07, 6.45) is 1.00. The lowest BCUT2D eigenvalue weighted by atomic mass is 10.0. The molecule has 2 aromatic carbocycles. The molecule has 0 aliphatic carbocycles. The third-order valence-electron chi connectivity index (χ3n) is 3.19. The van der Waals surface area contributed by atoms with E-state index < -0.39 is 6.10 Å². The first-order valence-corrected chi connectivity index (χ1v) is 6.51. The molecular weight excluding hydrogens is 252 g/mol. The van der Waals surface area contributed by atoms with Crippen LogP contribution in [0.2, 0.25) is 0 Å². The fourth-order valence-electron chi connectivity index (χ4n) is 1.93. The Labute approximate surface area is 118 Å². The van der Waals surface area contributed by atoms with Gasteiger partial charge in [0, 0.05) is 0 Å². The first-order valence-electron chi connectivity index (χ1n) is 6.51. The molecule has 0 aliphatic heterocycles. The molecule has 3 nitrogen and oxygen atoms in total. The van der Waals surface area contributed by atoms with E-state index in [0.717, 1.165) is 11.1 Å². The summed E-state index contributed by atoms with van der Waals surface area (Å²) in [6, 6.07) is 14.4. The average Bonchev–Trinajstić information content (AvgIpc) is 2.50. The third-order valence-corrected chi connectivity index (χ3v) is 3.19. The Hall–Kier alpha value is -2.29. The van der Waals surface area contributed by atoms with Crippen LogP contribution in [0.3, 0.4) is 0 Å². The normalized spacial score (nSPS) is 13.1. The highest BCUT2D eigenvalue weighted by Crippen LogP contribution is 2.21. The quantitative estimate of drug-likeness (QED) is 0.626. The van der Waals surface area contributed by atoms with Crippen molar-refractivity contribution in [2.75, 3.05) is 7.11 Å². The zero-order valence-corrected chi connectivity index (χ0v) is 11.9. The van der Waals surface area contributed by atoms with Crippen molar-refractivity contribution in [3.8, 4) is 0 Å². The highest BCUT2D eigenvalue weighted by atomic mass is 16.6. The van der Waals surface area contributed by atoms with Gasteiger partial charge in [0.25, 0.3) is 0 Å². The lowest BCUT2D eigenvalue weighted by molar-refractivity contribution is -0.149. The highest BCUT2D eigenvalue weighted by molar-refractivity contribution is 5.86. The van der Waals surface area contributed by atoms with Crippen molar-refractivity contribution in [3.63, 3.8) is 0 Å². The van der Waals surface area contributed by atoms with Crippen molar-refractivity contribution in [1.29, 1.82) is 0 Å². The largest absolute Gasteiger partial charge is 0.486 e. The lowest BCUT2D eigenvalue weighted by Gasteiger charge is -2.10. The third kappa shape index (κ3) is 3.18. The minimum atomic E-state index is -0.601. The van der Waals surface area contributed by atoms with Gasteiger partial charge in [0.15, 0.2) is 6.10 Å². The van der Waals surface area contributed by atoms with Gasteiger partial charge in [-0.3, -0.25) is 0 Å². The number of esters is 1. The molecule has 20 heavy (non-hydrogen) atoms. The van der Waals surface area contributed by atoms with Crippen LogP contribution in [0.4, 0.5) is 0 Å². The summed E-state index contributed by atoms with van der Waals surface area (Å²) in [4.78, 5) is 11.3. The maximum atomic E-state index is 11.3. The fraction of sp³-hybridized carbons (Fsp3) is 0.235. The van der Waals surface area contributed by atoms with Crippen LogP contribution in [-0.2, 0) is 14.3 Å². The molecule has 0 saturated carbocycles. The molecule has 104 valence electrons. The van der Waals surface area contributed by atoms with E-state index in [-0.39, 0.29) is 5.97 Å². The molecule has 0 radical (unpaired) electrons. The summed E-state index contributed by atoms with van der Waals surface area (Å²) < 4.78 is 10.0. The van der Waals surface area contributed by atoms with Gasteiger partial charge < -0.3 is 9.47 Å². The van der Waals surface area contributed by atoms with Crippen molar-refractivity contribution in [2.24, 2.45) is 0 Å². The van der Waals surface area contributed by atoms with Crippen LogP contribution in [0.25, 0.3) is 16.3 Å². The monoisotopic (exact) mass is 270 g/mol. The molecule has 0 aromatic heterocycles. The van der Waals surface area contributed by atoms with Gasteiger partial charge in [-0.1, -0.05) is 36.4 Å². The first-order chi connectivity index (χ1) is 9.61. The summed E-state index contributed by atoms with van der Waals surface area (Å²) >= 11 is 0. The van der Waals surface area contributed by atoms with E-state index in [1.807, 2.05) is 25.1 Å². The smallest absolute Gasteiger partial charge is 0.346 e. The number of benzene rings is 2. The summed E-state index contributed by atoms with van der Waals surface area (Å²) in [5, 5.41) is 2.38. The van der Waals surface area contributed by atoms with Crippen LogP contribution in [-0.4, -0.2) is 19.2 Å². The van der Waals surface area contributed by atoms with Crippen LogP contribution in [0.5, 0.6) is 0 Å². The van der Waals surface area contributed by atoms with Gasteiger partial charge >= 0.3 is 5.97 Å². The second-order valence-electron chi connectivity index (χ2n) is 4.66. The molecule has 0 aliphatic rings. The molecule has 0 spiro atoms. The van der Waals surface area contributed by atoms with Gasteiger partial charge in [0.05, 0.1) is 13.4 Å². The Bertz CT molecular complexity index is 643. The standard InChI is InChI=1S/C17H18O3/c1-12(11-20-13(2)17(18)19-3)15-9-8-14-6-4-5-7-16(14)10-15/h4-11,13H,1-3H3. The van der Waals surface area contributed by atoms with E-state index in [1.54, 1.807) is 13.2 Å².